The second-order valence-electron chi connectivity index (χ2n) is 4.93. The Kier molecular flexibility index (Phi) is 2.84. The average Bonchev–Trinajstić information content (AvgIpc) is 2.80. The van der Waals surface area contributed by atoms with Crippen LogP contribution in [-0.4, -0.2) is 9.38 Å². The lowest BCUT2D eigenvalue weighted by atomic mass is 10.0. The lowest BCUT2D eigenvalue weighted by molar-refractivity contribution is 0.907. The fourth-order valence-electron chi connectivity index (χ4n) is 2.61. The van der Waals surface area contributed by atoms with Gasteiger partial charge in [-0.1, -0.05) is 23.3 Å². The molecule has 3 heteroatoms. The molecule has 0 fully saturated rings. The number of nitrogens with zero attached hydrogens (tertiary/aromatic N) is 2. The van der Waals surface area contributed by atoms with E-state index in [0.29, 0.717) is 6.54 Å². The first-order valence-corrected chi connectivity index (χ1v) is 6.43. The summed E-state index contributed by atoms with van der Waals surface area (Å²) >= 11 is 0. The third-order valence-electron chi connectivity index (χ3n) is 3.32. The maximum Gasteiger partial charge on any atom is 0.127 e. The van der Waals surface area contributed by atoms with Gasteiger partial charge < -0.3 is 5.73 Å². The van der Waals surface area contributed by atoms with Gasteiger partial charge in [-0.15, -0.1) is 0 Å². The van der Waals surface area contributed by atoms with E-state index < -0.39 is 0 Å². The minimum absolute atomic E-state index is 0.440. The zero-order valence-corrected chi connectivity index (χ0v) is 11.2. The second-order valence-corrected chi connectivity index (χ2v) is 4.93. The molecule has 0 amide bonds. The lowest BCUT2D eigenvalue weighted by Crippen LogP contribution is -2.04. The van der Waals surface area contributed by atoms with E-state index >= 15 is 0 Å². The molecule has 0 bridgehead atoms. The first kappa shape index (κ1) is 11.9. The smallest absolute Gasteiger partial charge is 0.127 e. The van der Waals surface area contributed by atoms with Crippen molar-refractivity contribution < 1.29 is 0 Å². The van der Waals surface area contributed by atoms with Crippen LogP contribution in [0.1, 0.15) is 17.0 Å². The molecule has 1 aromatic carbocycles. The van der Waals surface area contributed by atoms with E-state index in [9.17, 15) is 0 Å². The van der Waals surface area contributed by atoms with E-state index in [-0.39, 0.29) is 0 Å². The first-order valence-electron chi connectivity index (χ1n) is 6.43. The van der Waals surface area contributed by atoms with Crippen molar-refractivity contribution in [1.82, 2.24) is 9.38 Å². The fraction of sp³-hybridized carbons (Fsp3) is 0.188. The van der Waals surface area contributed by atoms with Gasteiger partial charge in [-0.25, -0.2) is 4.98 Å². The third-order valence-corrected chi connectivity index (χ3v) is 3.32. The largest absolute Gasteiger partial charge is 0.324 e. The van der Waals surface area contributed by atoms with Crippen molar-refractivity contribution >= 4 is 5.52 Å². The Morgan fingerprint density at radius 2 is 1.84 bits per heavy atom. The third kappa shape index (κ3) is 2.02. The van der Waals surface area contributed by atoms with Gasteiger partial charge in [0, 0.05) is 0 Å². The minimum atomic E-state index is 0.440. The molecule has 96 valence electrons. The molecule has 3 aromatic rings. The van der Waals surface area contributed by atoms with E-state index in [1.54, 1.807) is 0 Å². The molecule has 19 heavy (non-hydrogen) atoms. The highest BCUT2D eigenvalue weighted by Gasteiger charge is 2.08. The number of hydrogen-bond donors (Lipinski definition) is 1. The average molecular weight is 251 g/mol. The van der Waals surface area contributed by atoms with E-state index in [4.69, 9.17) is 5.73 Å². The van der Waals surface area contributed by atoms with Crippen LogP contribution in [0.15, 0.2) is 42.6 Å². The summed E-state index contributed by atoms with van der Waals surface area (Å²) in [5, 5.41) is 0. The second kappa shape index (κ2) is 4.52. The Labute approximate surface area is 112 Å². The van der Waals surface area contributed by atoms with Crippen molar-refractivity contribution in [1.29, 1.82) is 0 Å². The van der Waals surface area contributed by atoms with E-state index in [0.717, 1.165) is 17.0 Å². The van der Waals surface area contributed by atoms with Crippen molar-refractivity contribution in [3.63, 3.8) is 0 Å². The van der Waals surface area contributed by atoms with Crippen LogP contribution in [0.25, 0.3) is 16.8 Å². The number of rotatable bonds is 2. The molecule has 0 aliphatic carbocycles. The van der Waals surface area contributed by atoms with Crippen molar-refractivity contribution in [2.75, 3.05) is 0 Å². The number of aromatic nitrogens is 2. The van der Waals surface area contributed by atoms with Crippen LogP contribution < -0.4 is 5.73 Å². The number of aryl methyl sites for hydroxylation is 2. The fourth-order valence-corrected chi connectivity index (χ4v) is 2.61. The molecule has 0 aliphatic heterocycles. The summed E-state index contributed by atoms with van der Waals surface area (Å²) in [6.45, 7) is 4.68. The molecule has 0 atom stereocenters. The van der Waals surface area contributed by atoms with Gasteiger partial charge >= 0.3 is 0 Å². The Morgan fingerprint density at radius 3 is 2.53 bits per heavy atom. The molecular formula is C16H17N3. The summed E-state index contributed by atoms with van der Waals surface area (Å²) in [4.78, 5) is 4.38. The topological polar surface area (TPSA) is 43.3 Å². The van der Waals surface area contributed by atoms with Gasteiger partial charge in [0.1, 0.15) is 5.82 Å². The normalized spacial score (nSPS) is 11.1. The SMILES string of the molecule is Cc1cc(C)cc(-c2cccc3cnc(CN)n23)c1. The maximum atomic E-state index is 5.78. The molecular weight excluding hydrogens is 234 g/mol. The van der Waals surface area contributed by atoms with Crippen molar-refractivity contribution in [3.05, 3.63) is 59.5 Å². The van der Waals surface area contributed by atoms with Crippen LogP contribution >= 0.6 is 0 Å². The molecule has 0 saturated heterocycles. The van der Waals surface area contributed by atoms with E-state index in [2.05, 4.69) is 59.6 Å². The summed E-state index contributed by atoms with van der Waals surface area (Å²) in [6, 6.07) is 12.8. The van der Waals surface area contributed by atoms with Gasteiger partial charge in [-0.05, 0) is 43.7 Å². The highest BCUT2D eigenvalue weighted by atomic mass is 15.0. The zero-order valence-electron chi connectivity index (χ0n) is 11.2. The number of nitrogens with two attached hydrogens (primary N) is 1. The highest BCUT2D eigenvalue weighted by Crippen LogP contribution is 2.24. The molecule has 2 heterocycles. The molecule has 3 rings (SSSR count). The quantitative estimate of drug-likeness (QED) is 0.760. The monoisotopic (exact) mass is 251 g/mol. The van der Waals surface area contributed by atoms with Crippen molar-refractivity contribution in [2.45, 2.75) is 20.4 Å². The molecule has 0 aliphatic rings. The summed E-state index contributed by atoms with van der Waals surface area (Å²) in [5.74, 6) is 0.893. The van der Waals surface area contributed by atoms with Gasteiger partial charge in [0.05, 0.1) is 24.0 Å². The van der Waals surface area contributed by atoms with E-state index in [1.807, 2.05) is 6.20 Å². The molecule has 3 nitrogen and oxygen atoms in total. The van der Waals surface area contributed by atoms with Crippen LogP contribution in [0, 0.1) is 13.8 Å². The summed E-state index contributed by atoms with van der Waals surface area (Å²) in [7, 11) is 0. The van der Waals surface area contributed by atoms with Crippen molar-refractivity contribution in [2.24, 2.45) is 5.73 Å². The van der Waals surface area contributed by atoms with E-state index in [1.165, 1.54) is 16.7 Å². The Balaban J connectivity index is 2.32. The summed E-state index contributed by atoms with van der Waals surface area (Å²) < 4.78 is 2.13. The summed E-state index contributed by atoms with van der Waals surface area (Å²) in [5.41, 5.74) is 11.7. The zero-order chi connectivity index (χ0) is 13.4. The Bertz CT molecular complexity index is 721. The molecule has 0 unspecified atom stereocenters. The van der Waals surface area contributed by atoms with Crippen molar-refractivity contribution in [3.8, 4) is 11.3 Å². The molecule has 0 spiro atoms. The molecule has 0 radical (unpaired) electrons. The Morgan fingerprint density at radius 1 is 1.11 bits per heavy atom. The van der Waals surface area contributed by atoms with Crippen LogP contribution in [0.5, 0.6) is 0 Å². The van der Waals surface area contributed by atoms with Crippen LogP contribution in [0.2, 0.25) is 0 Å². The van der Waals surface area contributed by atoms with Crippen LogP contribution in [0.3, 0.4) is 0 Å². The predicted octanol–water partition coefficient (Wildman–Crippen LogP) is 3.08. The highest BCUT2D eigenvalue weighted by molar-refractivity contribution is 5.66. The Hall–Kier alpha value is -2.13. The lowest BCUT2D eigenvalue weighted by Gasteiger charge is -2.10. The number of benzene rings is 1. The van der Waals surface area contributed by atoms with Gasteiger partial charge in [-0.2, -0.15) is 0 Å². The van der Waals surface area contributed by atoms with Gasteiger partial charge in [-0.3, -0.25) is 4.40 Å². The minimum Gasteiger partial charge on any atom is -0.324 e. The molecule has 2 aromatic heterocycles. The van der Waals surface area contributed by atoms with Gasteiger partial charge in [0.2, 0.25) is 0 Å². The van der Waals surface area contributed by atoms with Gasteiger partial charge in [0.25, 0.3) is 0 Å². The number of hydrogen-bond acceptors (Lipinski definition) is 2. The first-order chi connectivity index (χ1) is 9.19. The molecule has 0 saturated carbocycles. The number of imidazole rings is 1. The van der Waals surface area contributed by atoms with Crippen LogP contribution in [0.4, 0.5) is 0 Å². The summed E-state index contributed by atoms with van der Waals surface area (Å²) in [6.07, 6.45) is 1.87. The van der Waals surface area contributed by atoms with Gasteiger partial charge in [0.15, 0.2) is 0 Å². The molecule has 2 N–H and O–H groups in total. The standard InChI is InChI=1S/C16H17N3/c1-11-6-12(2)8-13(7-11)15-5-3-4-14-10-18-16(9-17)19(14)15/h3-8,10H,9,17H2,1-2H3. The van der Waals surface area contributed by atoms with Crippen LogP contribution in [-0.2, 0) is 6.54 Å². The number of pyridine rings is 1. The maximum absolute atomic E-state index is 5.78. The number of fused-ring (bicyclic) bond motifs is 1. The predicted molar refractivity (Wildman–Crippen MR) is 78.0 cm³/mol.